The molecule has 0 saturated carbocycles. The number of halogens is 2. The Balaban J connectivity index is 1.15. The van der Waals surface area contributed by atoms with Crippen LogP contribution in [0.15, 0.2) is 96.1 Å². The van der Waals surface area contributed by atoms with Crippen molar-refractivity contribution in [3.8, 4) is 28.8 Å². The Hall–Kier alpha value is -6.15. The van der Waals surface area contributed by atoms with Crippen LogP contribution in [0.2, 0.25) is 0 Å². The fraction of sp³-hybridized carbons (Fsp3) is 0.194. The third-order valence-corrected chi connectivity index (χ3v) is 8.16. The third-order valence-electron chi connectivity index (χ3n) is 8.16. The number of nitrogens with one attached hydrogen (secondary N) is 2. The van der Waals surface area contributed by atoms with Gasteiger partial charge in [0.05, 0.1) is 19.3 Å². The maximum absolute atomic E-state index is 15.5. The molecule has 0 spiro atoms. The van der Waals surface area contributed by atoms with Crippen LogP contribution in [0, 0.1) is 11.6 Å². The number of piperidine rings is 1. The zero-order chi connectivity index (χ0) is 34.6. The maximum Gasteiger partial charge on any atom is 0.284 e. The SMILES string of the molecule is COc1ccc(Cn2nc(O[C@H]3CCCNC3)c3c(Oc4ccc(NC(=O)c5ccnn(-c6ccc(F)cc6)c5=O)cc4F)ccnc32)cc1. The van der Waals surface area contributed by atoms with Gasteiger partial charge in [0, 0.05) is 36.8 Å². The minimum Gasteiger partial charge on any atom is -0.497 e. The van der Waals surface area contributed by atoms with E-state index < -0.39 is 23.1 Å². The molecule has 1 aliphatic heterocycles. The quantitative estimate of drug-likeness (QED) is 0.193. The van der Waals surface area contributed by atoms with Crippen molar-refractivity contribution in [2.24, 2.45) is 0 Å². The number of hydrogen-bond acceptors (Lipinski definition) is 9. The monoisotopic (exact) mass is 679 g/mol. The maximum atomic E-state index is 15.5. The molecule has 1 amide bonds. The van der Waals surface area contributed by atoms with Crippen LogP contribution < -0.4 is 30.4 Å². The van der Waals surface area contributed by atoms with Gasteiger partial charge in [-0.25, -0.2) is 18.4 Å². The second kappa shape index (κ2) is 14.1. The van der Waals surface area contributed by atoms with E-state index in [-0.39, 0.29) is 34.5 Å². The van der Waals surface area contributed by atoms with Crippen molar-refractivity contribution in [3.05, 3.63) is 124 Å². The number of amides is 1. The van der Waals surface area contributed by atoms with Crippen LogP contribution >= 0.6 is 0 Å². The molecule has 2 N–H and O–H groups in total. The Morgan fingerprint density at radius 2 is 1.82 bits per heavy atom. The zero-order valence-electron chi connectivity index (χ0n) is 26.8. The van der Waals surface area contributed by atoms with Gasteiger partial charge in [-0.15, -0.1) is 5.10 Å². The topological polar surface area (TPSA) is 134 Å². The summed E-state index contributed by atoms with van der Waals surface area (Å²) in [6.45, 7) is 1.96. The number of nitrogens with zero attached hydrogens (tertiary/aromatic N) is 5. The number of carbonyl (C=O) groups excluding carboxylic acids is 1. The summed E-state index contributed by atoms with van der Waals surface area (Å²) in [4.78, 5) is 30.7. The summed E-state index contributed by atoms with van der Waals surface area (Å²) >= 11 is 0. The van der Waals surface area contributed by atoms with Crippen LogP contribution in [0.3, 0.4) is 0 Å². The lowest BCUT2D eigenvalue weighted by Crippen LogP contribution is -2.37. The Kier molecular flexibility index (Phi) is 9.16. The summed E-state index contributed by atoms with van der Waals surface area (Å²) in [7, 11) is 1.61. The lowest BCUT2D eigenvalue weighted by Gasteiger charge is -2.23. The Labute approximate surface area is 284 Å². The van der Waals surface area contributed by atoms with Gasteiger partial charge in [-0.2, -0.15) is 9.78 Å². The Morgan fingerprint density at radius 1 is 1.00 bits per heavy atom. The first-order valence-corrected chi connectivity index (χ1v) is 15.8. The van der Waals surface area contributed by atoms with E-state index in [1.54, 1.807) is 24.1 Å². The van der Waals surface area contributed by atoms with Crippen molar-refractivity contribution < 1.29 is 27.8 Å². The Bertz CT molecular complexity index is 2220. The van der Waals surface area contributed by atoms with Crippen molar-refractivity contribution in [2.45, 2.75) is 25.5 Å². The minimum absolute atomic E-state index is 0.0883. The summed E-state index contributed by atoms with van der Waals surface area (Å²) < 4.78 is 49.4. The summed E-state index contributed by atoms with van der Waals surface area (Å²) in [6, 6.07) is 19.4. The molecule has 50 heavy (non-hydrogen) atoms. The fourth-order valence-corrected chi connectivity index (χ4v) is 5.63. The molecule has 3 aromatic heterocycles. The van der Waals surface area contributed by atoms with E-state index in [9.17, 15) is 14.0 Å². The third kappa shape index (κ3) is 6.87. The van der Waals surface area contributed by atoms with Gasteiger partial charge in [0.25, 0.3) is 11.5 Å². The smallest absolute Gasteiger partial charge is 0.284 e. The van der Waals surface area contributed by atoms with Crippen LogP contribution in [-0.4, -0.2) is 56.8 Å². The van der Waals surface area contributed by atoms with Gasteiger partial charge in [-0.1, -0.05) is 12.1 Å². The predicted octanol–water partition coefficient (Wildman–Crippen LogP) is 5.49. The van der Waals surface area contributed by atoms with Crippen LogP contribution in [0.5, 0.6) is 23.1 Å². The number of ether oxygens (including phenoxy) is 3. The molecule has 0 radical (unpaired) electrons. The summed E-state index contributed by atoms with van der Waals surface area (Å²) in [6.07, 6.45) is 4.50. The standard InChI is InChI=1S/C36H31F2N7O5/c1-48-26-11-4-22(5-12-26)21-44-33-32(35(43-44)49-27-3-2-16-39-20-27)31(15-17-40-33)50-30-13-8-24(19-29(30)38)42-34(46)28-14-18-41-45(36(28)47)25-9-6-23(37)7-10-25/h4-15,17-19,27,39H,2-3,16,20-21H2,1H3,(H,42,46)/t27-/m0/s1. The second-order valence-corrected chi connectivity index (χ2v) is 11.5. The first-order valence-electron chi connectivity index (χ1n) is 15.8. The molecule has 0 unspecified atom stereocenters. The van der Waals surface area contributed by atoms with E-state index >= 15 is 4.39 Å². The van der Waals surface area contributed by atoms with Gasteiger partial charge in [0.15, 0.2) is 17.2 Å². The molecular formula is C36H31F2N7O5. The molecule has 1 atom stereocenters. The van der Waals surface area contributed by atoms with Gasteiger partial charge in [0.2, 0.25) is 5.88 Å². The number of carbonyl (C=O) groups is 1. The molecule has 7 rings (SSSR count). The molecule has 3 aromatic carbocycles. The molecule has 1 fully saturated rings. The van der Waals surface area contributed by atoms with Gasteiger partial charge < -0.3 is 24.8 Å². The van der Waals surface area contributed by atoms with Crippen molar-refractivity contribution in [3.63, 3.8) is 0 Å². The van der Waals surface area contributed by atoms with Gasteiger partial charge in [0.1, 0.15) is 34.4 Å². The number of hydrogen-bond donors (Lipinski definition) is 2. The molecule has 6 aromatic rings. The lowest BCUT2D eigenvalue weighted by atomic mass is 10.1. The van der Waals surface area contributed by atoms with Crippen molar-refractivity contribution >= 4 is 22.6 Å². The largest absolute Gasteiger partial charge is 0.497 e. The van der Waals surface area contributed by atoms with Crippen LogP contribution in [0.25, 0.3) is 16.7 Å². The number of methoxy groups -OCH3 is 1. The number of pyridine rings is 1. The van der Waals surface area contributed by atoms with Gasteiger partial charge in [-0.3, -0.25) is 9.59 Å². The molecule has 1 saturated heterocycles. The minimum atomic E-state index is -0.777. The summed E-state index contributed by atoms with van der Waals surface area (Å²) in [5.41, 5.74) is 0.846. The molecule has 4 heterocycles. The lowest BCUT2D eigenvalue weighted by molar-refractivity contribution is 0.102. The van der Waals surface area contributed by atoms with E-state index in [0.717, 1.165) is 41.4 Å². The zero-order valence-corrected chi connectivity index (χ0v) is 26.8. The second-order valence-electron chi connectivity index (χ2n) is 11.5. The first-order chi connectivity index (χ1) is 24.4. The van der Waals surface area contributed by atoms with E-state index in [1.807, 2.05) is 24.3 Å². The molecule has 12 nitrogen and oxygen atoms in total. The van der Waals surface area contributed by atoms with E-state index in [2.05, 4.69) is 20.7 Å². The first kappa shape index (κ1) is 32.4. The number of fused-ring (bicyclic) bond motifs is 1. The van der Waals surface area contributed by atoms with Gasteiger partial charge in [-0.05, 0) is 79.5 Å². The fourth-order valence-electron chi connectivity index (χ4n) is 5.63. The van der Waals surface area contributed by atoms with Crippen LogP contribution in [-0.2, 0) is 6.54 Å². The molecule has 0 aliphatic carbocycles. The van der Waals surface area contributed by atoms with E-state index in [1.165, 1.54) is 48.7 Å². The van der Waals surface area contributed by atoms with Crippen LogP contribution in [0.4, 0.5) is 14.5 Å². The van der Waals surface area contributed by atoms with Gasteiger partial charge >= 0.3 is 0 Å². The molecule has 0 bridgehead atoms. The Morgan fingerprint density at radius 3 is 2.56 bits per heavy atom. The van der Waals surface area contributed by atoms with Crippen molar-refractivity contribution in [1.82, 2.24) is 29.9 Å². The number of anilines is 1. The summed E-state index contributed by atoms with van der Waals surface area (Å²) in [5, 5.41) is 15.1. The predicted molar refractivity (Wildman–Crippen MR) is 180 cm³/mol. The summed E-state index contributed by atoms with van der Waals surface area (Å²) in [5.74, 6) is -0.815. The molecule has 1 aliphatic rings. The highest BCUT2D eigenvalue weighted by atomic mass is 19.1. The van der Waals surface area contributed by atoms with Crippen LogP contribution in [0.1, 0.15) is 28.8 Å². The normalized spacial score (nSPS) is 14.3. The highest BCUT2D eigenvalue weighted by molar-refractivity contribution is 6.04. The van der Waals surface area contributed by atoms with Crippen molar-refractivity contribution in [1.29, 1.82) is 0 Å². The number of aromatic nitrogens is 5. The number of rotatable bonds is 10. The molecule has 14 heteroatoms. The molecule has 254 valence electrons. The average molecular weight is 680 g/mol. The highest BCUT2D eigenvalue weighted by Gasteiger charge is 2.24. The highest BCUT2D eigenvalue weighted by Crippen LogP contribution is 2.37. The van der Waals surface area contributed by atoms with E-state index in [0.29, 0.717) is 30.0 Å². The van der Waals surface area contributed by atoms with Crippen molar-refractivity contribution in [2.75, 3.05) is 25.5 Å². The number of benzene rings is 3. The average Bonchev–Trinajstić information content (AvgIpc) is 3.47. The van der Waals surface area contributed by atoms with E-state index in [4.69, 9.17) is 19.3 Å². The molecular weight excluding hydrogens is 648 g/mol.